The van der Waals surface area contributed by atoms with Crippen molar-refractivity contribution in [1.29, 1.82) is 0 Å². The molecular formula is C20H24O6. The molecule has 0 spiro atoms. The Morgan fingerprint density at radius 2 is 1.77 bits per heavy atom. The highest BCUT2D eigenvalue weighted by Crippen LogP contribution is 2.40. The van der Waals surface area contributed by atoms with Gasteiger partial charge in [-0.3, -0.25) is 14.4 Å². The van der Waals surface area contributed by atoms with E-state index in [0.29, 0.717) is 35.7 Å². The molecule has 0 amide bonds. The summed E-state index contributed by atoms with van der Waals surface area (Å²) < 4.78 is 15.6. The molecule has 0 aromatic heterocycles. The summed E-state index contributed by atoms with van der Waals surface area (Å²) in [5.41, 5.74) is 0.315. The fourth-order valence-corrected chi connectivity index (χ4v) is 4.04. The van der Waals surface area contributed by atoms with E-state index in [1.807, 2.05) is 0 Å². The zero-order valence-electron chi connectivity index (χ0n) is 15.2. The lowest BCUT2D eigenvalue weighted by Gasteiger charge is -2.36. The monoisotopic (exact) mass is 360 g/mol. The van der Waals surface area contributed by atoms with E-state index < -0.39 is 0 Å². The summed E-state index contributed by atoms with van der Waals surface area (Å²) in [5.74, 6) is 0.179. The molecule has 1 aromatic carbocycles. The summed E-state index contributed by atoms with van der Waals surface area (Å²) in [7, 11) is 2.99. The van der Waals surface area contributed by atoms with Crippen molar-refractivity contribution in [3.05, 3.63) is 23.8 Å². The molecule has 0 aliphatic heterocycles. The number of ketones is 2. The van der Waals surface area contributed by atoms with Gasteiger partial charge in [-0.15, -0.1) is 0 Å². The Morgan fingerprint density at radius 1 is 1.08 bits per heavy atom. The molecule has 0 saturated heterocycles. The Kier molecular flexibility index (Phi) is 5.59. The number of carbonyl (C=O) groups is 3. The lowest BCUT2D eigenvalue weighted by atomic mass is 9.67. The van der Waals surface area contributed by atoms with Gasteiger partial charge in [0.1, 0.15) is 17.3 Å². The Bertz CT molecular complexity index is 694. The maximum absolute atomic E-state index is 12.5. The molecule has 26 heavy (non-hydrogen) atoms. The summed E-state index contributed by atoms with van der Waals surface area (Å²) in [4.78, 5) is 37.0. The molecule has 1 aromatic rings. The van der Waals surface area contributed by atoms with Gasteiger partial charge in [-0.25, -0.2) is 0 Å². The molecule has 140 valence electrons. The van der Waals surface area contributed by atoms with Crippen LogP contribution in [0.25, 0.3) is 0 Å². The van der Waals surface area contributed by atoms with E-state index in [2.05, 4.69) is 0 Å². The summed E-state index contributed by atoms with van der Waals surface area (Å²) >= 11 is 0. The van der Waals surface area contributed by atoms with Crippen LogP contribution in [0, 0.1) is 17.8 Å². The molecule has 2 fully saturated rings. The number of ether oxygens (including phenoxy) is 3. The minimum atomic E-state index is -0.385. The van der Waals surface area contributed by atoms with Crippen LogP contribution in [0.5, 0.6) is 11.5 Å². The fraction of sp³-hybridized carbons (Fsp3) is 0.550. The molecule has 3 rings (SSSR count). The predicted octanol–water partition coefficient (Wildman–Crippen LogP) is 2.83. The average Bonchev–Trinajstić information content (AvgIpc) is 2.65. The van der Waals surface area contributed by atoms with Gasteiger partial charge in [0.25, 0.3) is 0 Å². The second-order valence-electron chi connectivity index (χ2n) is 6.99. The van der Waals surface area contributed by atoms with E-state index >= 15 is 0 Å². The lowest BCUT2D eigenvalue weighted by molar-refractivity contribution is -0.152. The second kappa shape index (κ2) is 7.89. The first-order valence-corrected chi connectivity index (χ1v) is 8.99. The van der Waals surface area contributed by atoms with Crippen LogP contribution in [0.2, 0.25) is 0 Å². The Morgan fingerprint density at radius 3 is 2.38 bits per heavy atom. The molecule has 0 heterocycles. The number of fused-ring (bicyclic) bond motifs is 2. The molecule has 2 saturated carbocycles. The first-order chi connectivity index (χ1) is 12.5. The minimum absolute atomic E-state index is 0.0192. The summed E-state index contributed by atoms with van der Waals surface area (Å²) in [5, 5.41) is 0. The smallest absolute Gasteiger partial charge is 0.309 e. The zero-order valence-corrected chi connectivity index (χ0v) is 15.2. The topological polar surface area (TPSA) is 78.9 Å². The third-order valence-electron chi connectivity index (χ3n) is 5.43. The van der Waals surface area contributed by atoms with Gasteiger partial charge >= 0.3 is 5.97 Å². The molecule has 2 aliphatic rings. The number of rotatable bonds is 6. The molecular weight excluding hydrogens is 336 g/mol. The lowest BCUT2D eigenvalue weighted by Crippen LogP contribution is -2.39. The van der Waals surface area contributed by atoms with Gasteiger partial charge in [0.2, 0.25) is 5.78 Å². The van der Waals surface area contributed by atoms with Gasteiger partial charge in [0.05, 0.1) is 25.7 Å². The molecule has 0 N–H and O–H groups in total. The quantitative estimate of drug-likeness (QED) is 0.573. The van der Waals surface area contributed by atoms with Crippen LogP contribution in [-0.2, 0) is 14.3 Å². The zero-order chi connectivity index (χ0) is 18.7. The fourth-order valence-electron chi connectivity index (χ4n) is 4.04. The highest BCUT2D eigenvalue weighted by molar-refractivity contribution is 6.00. The number of methoxy groups -OCH3 is 2. The van der Waals surface area contributed by atoms with Crippen molar-refractivity contribution in [2.45, 2.75) is 32.1 Å². The number of carbonyl (C=O) groups excluding carboxylic acids is 3. The van der Waals surface area contributed by atoms with Crippen LogP contribution >= 0.6 is 0 Å². The van der Waals surface area contributed by atoms with Gasteiger partial charge in [-0.2, -0.15) is 0 Å². The molecule has 2 bridgehead atoms. The van der Waals surface area contributed by atoms with E-state index in [1.165, 1.54) is 14.2 Å². The summed E-state index contributed by atoms with van der Waals surface area (Å²) in [6, 6.07) is 4.90. The van der Waals surface area contributed by atoms with E-state index in [0.717, 1.165) is 19.3 Å². The SMILES string of the molecule is COc1ccc(OC)c(C(=O)COC(=O)C2C[C@H]3CCC[C@@H](C2)C3=O)c1. The van der Waals surface area contributed by atoms with Crippen molar-refractivity contribution < 1.29 is 28.6 Å². The van der Waals surface area contributed by atoms with Crippen molar-refractivity contribution in [1.82, 2.24) is 0 Å². The highest BCUT2D eigenvalue weighted by Gasteiger charge is 2.41. The number of hydrogen-bond donors (Lipinski definition) is 0. The normalized spacial score (nSPS) is 24.7. The molecule has 6 heteroatoms. The van der Waals surface area contributed by atoms with Crippen LogP contribution in [0.15, 0.2) is 18.2 Å². The van der Waals surface area contributed by atoms with Crippen LogP contribution in [0.1, 0.15) is 42.5 Å². The van der Waals surface area contributed by atoms with Gasteiger partial charge in [-0.05, 0) is 43.9 Å². The highest BCUT2D eigenvalue weighted by atomic mass is 16.5. The molecule has 0 radical (unpaired) electrons. The molecule has 3 atom stereocenters. The van der Waals surface area contributed by atoms with Crippen molar-refractivity contribution in [3.8, 4) is 11.5 Å². The van der Waals surface area contributed by atoms with Crippen LogP contribution in [-0.4, -0.2) is 38.4 Å². The van der Waals surface area contributed by atoms with E-state index in [-0.39, 0.29) is 36.1 Å². The van der Waals surface area contributed by atoms with Crippen molar-refractivity contribution in [2.24, 2.45) is 17.8 Å². The van der Waals surface area contributed by atoms with Crippen molar-refractivity contribution in [2.75, 3.05) is 20.8 Å². The Hall–Kier alpha value is -2.37. The van der Waals surface area contributed by atoms with Gasteiger partial charge < -0.3 is 14.2 Å². The largest absolute Gasteiger partial charge is 0.497 e. The first kappa shape index (κ1) is 18.4. The Balaban J connectivity index is 1.61. The van der Waals surface area contributed by atoms with Gasteiger partial charge in [0, 0.05) is 11.8 Å². The Labute approximate surface area is 152 Å². The third kappa shape index (κ3) is 3.74. The maximum Gasteiger partial charge on any atom is 0.309 e. The number of hydrogen-bond acceptors (Lipinski definition) is 6. The molecule has 6 nitrogen and oxygen atoms in total. The van der Waals surface area contributed by atoms with Crippen LogP contribution < -0.4 is 9.47 Å². The van der Waals surface area contributed by atoms with E-state index in [4.69, 9.17) is 14.2 Å². The van der Waals surface area contributed by atoms with Crippen molar-refractivity contribution >= 4 is 17.5 Å². The van der Waals surface area contributed by atoms with Crippen LogP contribution in [0.3, 0.4) is 0 Å². The number of esters is 1. The average molecular weight is 360 g/mol. The molecule has 1 unspecified atom stereocenters. The van der Waals surface area contributed by atoms with Gasteiger partial charge in [0.15, 0.2) is 6.61 Å². The molecule has 2 aliphatic carbocycles. The standard InChI is InChI=1S/C20H24O6/c1-24-15-6-7-18(25-2)16(10-15)17(21)11-26-20(23)14-8-12-4-3-5-13(9-14)19(12)22/h6-7,10,12-14H,3-5,8-9,11H2,1-2H3/t12-,13+,14?. The first-order valence-electron chi connectivity index (χ1n) is 8.99. The van der Waals surface area contributed by atoms with E-state index in [1.54, 1.807) is 18.2 Å². The predicted molar refractivity (Wildman–Crippen MR) is 93.4 cm³/mol. The van der Waals surface area contributed by atoms with Crippen LogP contribution in [0.4, 0.5) is 0 Å². The number of benzene rings is 1. The van der Waals surface area contributed by atoms with Crippen molar-refractivity contribution in [3.63, 3.8) is 0 Å². The van der Waals surface area contributed by atoms with E-state index in [9.17, 15) is 14.4 Å². The number of Topliss-reactive ketones (excluding diaryl/α,β-unsaturated/α-hetero) is 2. The van der Waals surface area contributed by atoms with Gasteiger partial charge in [-0.1, -0.05) is 6.42 Å². The summed E-state index contributed by atoms with van der Waals surface area (Å²) in [6.07, 6.45) is 3.87. The maximum atomic E-state index is 12.5. The third-order valence-corrected chi connectivity index (χ3v) is 5.43. The minimum Gasteiger partial charge on any atom is -0.497 e. The second-order valence-corrected chi connectivity index (χ2v) is 6.99. The summed E-state index contributed by atoms with van der Waals surface area (Å²) in [6.45, 7) is -0.345.